The zero-order valence-electron chi connectivity index (χ0n) is 26.7. The van der Waals surface area contributed by atoms with E-state index in [1.165, 1.54) is 24.3 Å². The van der Waals surface area contributed by atoms with Crippen molar-refractivity contribution >= 4 is 23.1 Å². The van der Waals surface area contributed by atoms with Crippen molar-refractivity contribution in [3.63, 3.8) is 0 Å². The number of furan rings is 1. The minimum Gasteiger partial charge on any atom is -0.508 e. The molecule has 6 aromatic carbocycles. The van der Waals surface area contributed by atoms with Gasteiger partial charge in [0, 0.05) is 40.3 Å². The van der Waals surface area contributed by atoms with Gasteiger partial charge in [-0.15, -0.1) is 0 Å². The van der Waals surface area contributed by atoms with E-state index in [0.717, 1.165) is 11.1 Å². The summed E-state index contributed by atoms with van der Waals surface area (Å²) >= 11 is 0. The van der Waals surface area contributed by atoms with Crippen LogP contribution in [0.3, 0.4) is 0 Å². The third kappa shape index (κ3) is 5.76. The number of hydrogen-bond donors (Lipinski definition) is 7. The maximum absolute atomic E-state index is 10.7. The van der Waals surface area contributed by atoms with Gasteiger partial charge in [0.2, 0.25) is 0 Å². The Hall–Kier alpha value is -7.00. The number of aromatic hydroxyl groups is 7. The summed E-state index contributed by atoms with van der Waals surface area (Å²) in [5.74, 6) is -0.128. The molecule has 252 valence electrons. The van der Waals surface area contributed by atoms with Crippen LogP contribution in [-0.4, -0.2) is 35.7 Å². The lowest BCUT2D eigenvalue weighted by atomic mass is 9.81. The fraction of sp³-hybridized carbons (Fsp3) is 0.0476. The Labute approximate surface area is 291 Å². The average molecular weight is 679 g/mol. The molecule has 7 N–H and O–H groups in total. The van der Waals surface area contributed by atoms with Crippen molar-refractivity contribution < 1.29 is 44.9 Å². The Morgan fingerprint density at radius 2 is 1.04 bits per heavy atom. The maximum atomic E-state index is 10.7. The van der Waals surface area contributed by atoms with Crippen LogP contribution in [0.4, 0.5) is 0 Å². The molecule has 9 nitrogen and oxygen atoms in total. The van der Waals surface area contributed by atoms with E-state index in [9.17, 15) is 35.7 Å². The van der Waals surface area contributed by atoms with Gasteiger partial charge in [-0.1, -0.05) is 48.6 Å². The Bertz CT molecular complexity index is 2420. The molecule has 0 saturated carbocycles. The Kier molecular flexibility index (Phi) is 7.45. The molecule has 0 radical (unpaired) electrons. The highest BCUT2D eigenvalue weighted by Gasteiger charge is 2.41. The molecule has 0 bridgehead atoms. The summed E-state index contributed by atoms with van der Waals surface area (Å²) < 4.78 is 13.3. The van der Waals surface area contributed by atoms with Crippen LogP contribution in [0.2, 0.25) is 0 Å². The highest BCUT2D eigenvalue weighted by atomic mass is 16.5. The van der Waals surface area contributed by atoms with E-state index in [1.807, 2.05) is 12.2 Å². The van der Waals surface area contributed by atoms with Crippen LogP contribution < -0.4 is 4.74 Å². The van der Waals surface area contributed by atoms with E-state index >= 15 is 0 Å². The molecule has 0 aliphatic carbocycles. The maximum Gasteiger partial charge on any atom is 0.143 e. The van der Waals surface area contributed by atoms with Crippen molar-refractivity contribution in [1.82, 2.24) is 0 Å². The molecule has 0 fully saturated rings. The second-order valence-corrected chi connectivity index (χ2v) is 12.5. The summed E-state index contributed by atoms with van der Waals surface area (Å²) in [7, 11) is 0. The monoisotopic (exact) mass is 678 g/mol. The molecular formula is C42H30O9. The predicted octanol–water partition coefficient (Wildman–Crippen LogP) is 9.14. The van der Waals surface area contributed by atoms with Gasteiger partial charge in [-0.25, -0.2) is 0 Å². The minimum atomic E-state index is -0.659. The Balaban J connectivity index is 1.48. The Morgan fingerprint density at radius 1 is 0.490 bits per heavy atom. The van der Waals surface area contributed by atoms with Gasteiger partial charge in [0.15, 0.2) is 0 Å². The smallest absolute Gasteiger partial charge is 0.143 e. The van der Waals surface area contributed by atoms with Gasteiger partial charge in [0.1, 0.15) is 63.4 Å². The van der Waals surface area contributed by atoms with Crippen molar-refractivity contribution in [1.29, 1.82) is 0 Å². The first-order valence-corrected chi connectivity index (χ1v) is 16.0. The fourth-order valence-corrected chi connectivity index (χ4v) is 6.89. The number of fused-ring (bicyclic) bond motifs is 2. The van der Waals surface area contributed by atoms with E-state index in [0.29, 0.717) is 55.9 Å². The van der Waals surface area contributed by atoms with Gasteiger partial charge in [0.05, 0.1) is 5.92 Å². The predicted molar refractivity (Wildman–Crippen MR) is 192 cm³/mol. The molecule has 1 aromatic heterocycles. The minimum absolute atomic E-state index is 0.0605. The summed E-state index contributed by atoms with van der Waals surface area (Å²) in [4.78, 5) is 0. The molecule has 9 heteroatoms. The van der Waals surface area contributed by atoms with Gasteiger partial charge < -0.3 is 44.9 Å². The molecule has 0 amide bonds. The van der Waals surface area contributed by atoms with Crippen LogP contribution in [-0.2, 0) is 0 Å². The average Bonchev–Trinajstić information content (AvgIpc) is 3.66. The lowest BCUT2D eigenvalue weighted by Crippen LogP contribution is -2.12. The first-order valence-electron chi connectivity index (χ1n) is 16.0. The number of ether oxygens (including phenoxy) is 1. The number of benzene rings is 6. The van der Waals surface area contributed by atoms with E-state index in [1.54, 1.807) is 91.0 Å². The first kappa shape index (κ1) is 31.3. The summed E-state index contributed by atoms with van der Waals surface area (Å²) in [6, 6.07) is 30.3. The van der Waals surface area contributed by atoms with Crippen LogP contribution in [0.1, 0.15) is 39.8 Å². The molecule has 1 aliphatic heterocycles. The third-order valence-corrected chi connectivity index (χ3v) is 9.05. The fourth-order valence-electron chi connectivity index (χ4n) is 6.89. The van der Waals surface area contributed by atoms with E-state index in [4.69, 9.17) is 9.15 Å². The van der Waals surface area contributed by atoms with Gasteiger partial charge in [-0.2, -0.15) is 0 Å². The molecule has 8 rings (SSSR count). The normalized spacial score (nSPS) is 15.3. The van der Waals surface area contributed by atoms with Crippen molar-refractivity contribution in [2.45, 2.75) is 12.0 Å². The van der Waals surface area contributed by atoms with Crippen molar-refractivity contribution in [2.24, 2.45) is 0 Å². The second-order valence-electron chi connectivity index (χ2n) is 12.5. The van der Waals surface area contributed by atoms with Crippen molar-refractivity contribution in [2.75, 3.05) is 0 Å². The second kappa shape index (κ2) is 12.2. The zero-order valence-corrected chi connectivity index (χ0v) is 26.7. The van der Waals surface area contributed by atoms with Gasteiger partial charge in [-0.3, -0.25) is 0 Å². The molecule has 0 spiro atoms. The molecule has 2 heterocycles. The highest BCUT2D eigenvalue weighted by molar-refractivity contribution is 6.08. The summed E-state index contributed by atoms with van der Waals surface area (Å²) in [5.41, 5.74) is 5.57. The van der Waals surface area contributed by atoms with E-state index in [-0.39, 0.29) is 40.2 Å². The summed E-state index contributed by atoms with van der Waals surface area (Å²) in [6.45, 7) is 0. The van der Waals surface area contributed by atoms with Crippen LogP contribution >= 0.6 is 0 Å². The van der Waals surface area contributed by atoms with Gasteiger partial charge in [0.25, 0.3) is 0 Å². The third-order valence-electron chi connectivity index (χ3n) is 9.05. The lowest BCUT2D eigenvalue weighted by molar-refractivity contribution is 0.222. The molecule has 2 atom stereocenters. The number of phenols is 7. The summed E-state index contributed by atoms with van der Waals surface area (Å²) in [6.07, 6.45) is 3.13. The SMILES string of the molecule is Oc1ccc(C=Cc2c3c(cc4oc(-c5cc(O)cc(O)c5)c(-c5ccc(O)cc5)c24)OC(c2ccc(O)cc2)C3c2cc(O)cc(O)c2)cc1. The Morgan fingerprint density at radius 3 is 1.65 bits per heavy atom. The summed E-state index contributed by atoms with van der Waals surface area (Å²) in [5, 5.41) is 73.1. The molecule has 51 heavy (non-hydrogen) atoms. The topological polar surface area (TPSA) is 164 Å². The van der Waals surface area contributed by atoms with Crippen molar-refractivity contribution in [3.05, 3.63) is 143 Å². The van der Waals surface area contributed by atoms with Gasteiger partial charge in [-0.05, 0) is 88.5 Å². The van der Waals surface area contributed by atoms with E-state index in [2.05, 4.69) is 0 Å². The van der Waals surface area contributed by atoms with Crippen LogP contribution in [0.25, 0.3) is 45.6 Å². The lowest BCUT2D eigenvalue weighted by Gasteiger charge is -2.21. The molecule has 7 aromatic rings. The molecule has 2 unspecified atom stereocenters. The molecular weight excluding hydrogens is 648 g/mol. The van der Waals surface area contributed by atoms with Gasteiger partial charge >= 0.3 is 0 Å². The van der Waals surface area contributed by atoms with Crippen LogP contribution in [0, 0.1) is 0 Å². The van der Waals surface area contributed by atoms with Crippen molar-refractivity contribution in [3.8, 4) is 68.4 Å². The number of phenolic OH excluding ortho intramolecular Hbond substituents is 7. The molecule has 1 aliphatic rings. The quantitative estimate of drug-likeness (QED) is 0.0850. The van der Waals surface area contributed by atoms with Crippen LogP contribution in [0.5, 0.6) is 46.0 Å². The standard InChI is InChI=1S/C42H30O9/c43-27-8-1-22(2-9-27)3-14-34-39-35(51-42(26-17-32(48)20-33(49)18-26)37(39)23-4-10-28(44)11-5-23)21-36-40(34)38(25-15-30(46)19-31(47)16-25)41(50-36)24-6-12-29(45)13-7-24/h1-21,38,41,43-49H. The number of hydrogen-bond acceptors (Lipinski definition) is 9. The highest BCUT2D eigenvalue weighted by Crippen LogP contribution is 2.56. The van der Waals surface area contributed by atoms with Crippen LogP contribution in [0.15, 0.2) is 120 Å². The number of rotatable bonds is 6. The largest absolute Gasteiger partial charge is 0.508 e. The van der Waals surface area contributed by atoms with E-state index < -0.39 is 12.0 Å². The molecule has 0 saturated heterocycles. The first-order chi connectivity index (χ1) is 24.6. The zero-order chi connectivity index (χ0) is 35.4.